The number of nitrogens with one attached hydrogen (secondary N) is 1. The Kier molecular flexibility index (Phi) is 5.21. The van der Waals surface area contributed by atoms with E-state index in [1.807, 2.05) is 0 Å². The molecular formula is C16H25NO. The minimum absolute atomic E-state index is 0.702. The molecule has 0 spiro atoms. The Morgan fingerprint density at radius 1 is 1.28 bits per heavy atom. The molecule has 2 heteroatoms. The van der Waals surface area contributed by atoms with E-state index in [2.05, 4.69) is 36.5 Å². The van der Waals surface area contributed by atoms with Crippen LogP contribution in [0.5, 0.6) is 0 Å². The predicted octanol–water partition coefficient (Wildman–Crippen LogP) is 3.36. The van der Waals surface area contributed by atoms with Gasteiger partial charge in [-0.15, -0.1) is 0 Å². The molecule has 2 unspecified atom stereocenters. The zero-order chi connectivity index (χ0) is 12.8. The van der Waals surface area contributed by atoms with Gasteiger partial charge in [0.25, 0.3) is 0 Å². The van der Waals surface area contributed by atoms with Gasteiger partial charge in [0.1, 0.15) is 0 Å². The molecule has 2 rings (SSSR count). The highest BCUT2D eigenvalue weighted by atomic mass is 16.5. The van der Waals surface area contributed by atoms with Gasteiger partial charge in [-0.2, -0.15) is 0 Å². The number of hydrogen-bond donors (Lipinski definition) is 1. The van der Waals surface area contributed by atoms with Crippen LogP contribution in [0.2, 0.25) is 0 Å². The van der Waals surface area contributed by atoms with E-state index in [9.17, 15) is 0 Å². The van der Waals surface area contributed by atoms with Crippen LogP contribution in [0, 0.1) is 11.8 Å². The maximum atomic E-state index is 5.16. The predicted molar refractivity (Wildman–Crippen MR) is 75.4 cm³/mol. The minimum atomic E-state index is 0.702. The molecule has 1 aromatic carbocycles. The highest BCUT2D eigenvalue weighted by Gasteiger charge is 2.20. The first-order chi connectivity index (χ1) is 8.78. The summed E-state index contributed by atoms with van der Waals surface area (Å²) in [5.41, 5.74) is 2.61. The van der Waals surface area contributed by atoms with Crippen molar-refractivity contribution in [3.05, 3.63) is 35.4 Å². The van der Waals surface area contributed by atoms with Crippen LogP contribution in [-0.2, 0) is 17.9 Å². The highest BCUT2D eigenvalue weighted by Crippen LogP contribution is 2.29. The third-order valence-corrected chi connectivity index (χ3v) is 3.87. The SMILES string of the molecule is COCc1cccc(CNCC2CCC(C)C2)c1. The molecule has 1 N–H and O–H groups in total. The van der Waals surface area contributed by atoms with Gasteiger partial charge in [0.15, 0.2) is 0 Å². The fourth-order valence-electron chi connectivity index (χ4n) is 2.93. The van der Waals surface area contributed by atoms with E-state index in [1.165, 1.54) is 36.9 Å². The summed E-state index contributed by atoms with van der Waals surface area (Å²) < 4.78 is 5.16. The Hall–Kier alpha value is -0.860. The number of rotatable bonds is 6. The van der Waals surface area contributed by atoms with Crippen molar-refractivity contribution in [2.24, 2.45) is 11.8 Å². The molecular weight excluding hydrogens is 222 g/mol. The van der Waals surface area contributed by atoms with Crippen LogP contribution in [0.1, 0.15) is 37.3 Å². The van der Waals surface area contributed by atoms with Gasteiger partial charge in [0.05, 0.1) is 6.61 Å². The maximum Gasteiger partial charge on any atom is 0.0713 e. The van der Waals surface area contributed by atoms with Crippen LogP contribution in [-0.4, -0.2) is 13.7 Å². The normalized spacial score (nSPS) is 23.4. The molecule has 0 saturated heterocycles. The van der Waals surface area contributed by atoms with E-state index < -0.39 is 0 Å². The Labute approximate surface area is 111 Å². The van der Waals surface area contributed by atoms with Crippen molar-refractivity contribution in [1.29, 1.82) is 0 Å². The molecule has 1 aliphatic rings. The lowest BCUT2D eigenvalue weighted by Crippen LogP contribution is -2.21. The summed E-state index contributed by atoms with van der Waals surface area (Å²) in [6.45, 7) is 5.21. The molecule has 2 atom stereocenters. The molecule has 0 radical (unpaired) electrons. The smallest absolute Gasteiger partial charge is 0.0713 e. The van der Waals surface area contributed by atoms with Crippen LogP contribution in [0.3, 0.4) is 0 Å². The molecule has 1 aromatic rings. The van der Waals surface area contributed by atoms with E-state index in [1.54, 1.807) is 7.11 Å². The molecule has 18 heavy (non-hydrogen) atoms. The number of methoxy groups -OCH3 is 1. The second kappa shape index (κ2) is 6.91. The number of ether oxygens (including phenoxy) is 1. The average molecular weight is 247 g/mol. The largest absolute Gasteiger partial charge is 0.380 e. The standard InChI is InChI=1S/C16H25NO/c1-13-6-7-15(8-13)11-17-10-14-4-3-5-16(9-14)12-18-2/h3-5,9,13,15,17H,6-8,10-12H2,1-2H3. The number of hydrogen-bond acceptors (Lipinski definition) is 2. The second-order valence-corrected chi connectivity index (χ2v) is 5.67. The monoisotopic (exact) mass is 247 g/mol. The summed E-state index contributed by atoms with van der Waals surface area (Å²) in [6.07, 6.45) is 4.21. The van der Waals surface area contributed by atoms with E-state index in [-0.39, 0.29) is 0 Å². The molecule has 100 valence electrons. The summed E-state index contributed by atoms with van der Waals surface area (Å²) in [4.78, 5) is 0. The van der Waals surface area contributed by atoms with Crippen molar-refractivity contribution in [3.63, 3.8) is 0 Å². The second-order valence-electron chi connectivity index (χ2n) is 5.67. The lowest BCUT2D eigenvalue weighted by molar-refractivity contribution is 0.185. The molecule has 1 saturated carbocycles. The van der Waals surface area contributed by atoms with E-state index in [0.29, 0.717) is 6.61 Å². The molecule has 0 bridgehead atoms. The van der Waals surface area contributed by atoms with Crippen molar-refractivity contribution >= 4 is 0 Å². The van der Waals surface area contributed by atoms with Gasteiger partial charge in [-0.3, -0.25) is 0 Å². The minimum Gasteiger partial charge on any atom is -0.380 e. The molecule has 1 fully saturated rings. The van der Waals surface area contributed by atoms with Gasteiger partial charge in [-0.25, -0.2) is 0 Å². The molecule has 0 heterocycles. The summed E-state index contributed by atoms with van der Waals surface area (Å²) >= 11 is 0. The van der Waals surface area contributed by atoms with Crippen molar-refractivity contribution in [3.8, 4) is 0 Å². The molecule has 0 aromatic heterocycles. The van der Waals surface area contributed by atoms with Crippen LogP contribution in [0.4, 0.5) is 0 Å². The van der Waals surface area contributed by atoms with E-state index in [4.69, 9.17) is 4.74 Å². The molecule has 0 amide bonds. The van der Waals surface area contributed by atoms with Gasteiger partial charge < -0.3 is 10.1 Å². The first kappa shape index (κ1) is 13.6. The van der Waals surface area contributed by atoms with Gasteiger partial charge in [-0.05, 0) is 42.3 Å². The Balaban J connectivity index is 1.74. The van der Waals surface area contributed by atoms with Crippen molar-refractivity contribution < 1.29 is 4.74 Å². The first-order valence-electron chi connectivity index (χ1n) is 7.05. The third kappa shape index (κ3) is 4.11. The quantitative estimate of drug-likeness (QED) is 0.832. The number of benzene rings is 1. The fourth-order valence-corrected chi connectivity index (χ4v) is 2.93. The van der Waals surface area contributed by atoms with Gasteiger partial charge in [-0.1, -0.05) is 37.6 Å². The van der Waals surface area contributed by atoms with Crippen LogP contribution in [0.25, 0.3) is 0 Å². The van der Waals surface area contributed by atoms with Crippen LogP contribution < -0.4 is 5.32 Å². The van der Waals surface area contributed by atoms with Crippen molar-refractivity contribution in [2.75, 3.05) is 13.7 Å². The Bertz CT molecular complexity index is 364. The summed E-state index contributed by atoms with van der Waals surface area (Å²) in [6, 6.07) is 8.64. The van der Waals surface area contributed by atoms with Gasteiger partial charge in [0.2, 0.25) is 0 Å². The summed E-state index contributed by atoms with van der Waals surface area (Å²) in [5, 5.41) is 3.59. The zero-order valence-corrected chi connectivity index (χ0v) is 11.6. The Morgan fingerprint density at radius 2 is 2.11 bits per heavy atom. The summed E-state index contributed by atoms with van der Waals surface area (Å²) in [5.74, 6) is 1.82. The fraction of sp³-hybridized carbons (Fsp3) is 0.625. The highest BCUT2D eigenvalue weighted by molar-refractivity contribution is 5.22. The lowest BCUT2D eigenvalue weighted by Gasteiger charge is -2.11. The summed E-state index contributed by atoms with van der Waals surface area (Å²) in [7, 11) is 1.74. The van der Waals surface area contributed by atoms with Crippen LogP contribution >= 0.6 is 0 Å². The van der Waals surface area contributed by atoms with Gasteiger partial charge >= 0.3 is 0 Å². The molecule has 0 aliphatic heterocycles. The lowest BCUT2D eigenvalue weighted by atomic mass is 10.1. The molecule has 2 nitrogen and oxygen atoms in total. The van der Waals surface area contributed by atoms with Crippen LogP contribution in [0.15, 0.2) is 24.3 Å². The van der Waals surface area contributed by atoms with Crippen molar-refractivity contribution in [2.45, 2.75) is 39.3 Å². The van der Waals surface area contributed by atoms with E-state index >= 15 is 0 Å². The topological polar surface area (TPSA) is 21.3 Å². The van der Waals surface area contributed by atoms with Crippen molar-refractivity contribution in [1.82, 2.24) is 5.32 Å². The first-order valence-corrected chi connectivity index (χ1v) is 7.05. The average Bonchev–Trinajstić information content (AvgIpc) is 2.76. The third-order valence-electron chi connectivity index (χ3n) is 3.87. The maximum absolute atomic E-state index is 5.16. The van der Waals surface area contributed by atoms with Gasteiger partial charge in [0, 0.05) is 13.7 Å². The zero-order valence-electron chi connectivity index (χ0n) is 11.6. The Morgan fingerprint density at radius 3 is 2.83 bits per heavy atom. The molecule has 1 aliphatic carbocycles. The van der Waals surface area contributed by atoms with E-state index in [0.717, 1.165) is 18.4 Å².